The van der Waals surface area contributed by atoms with E-state index < -0.39 is 16.9 Å². The second-order valence-corrected chi connectivity index (χ2v) is 30.2. The van der Waals surface area contributed by atoms with Gasteiger partial charge in [-0.1, -0.05) is 270 Å². The number of nitrogens with zero attached hydrogens (tertiary/aromatic N) is 3. The first-order valence-corrected chi connectivity index (χ1v) is 33.0. The predicted molar refractivity (Wildman–Crippen MR) is 398 cm³/mol. The number of benzene rings is 12. The van der Waals surface area contributed by atoms with Crippen molar-refractivity contribution in [1.29, 1.82) is 0 Å². The Hall–Kier alpha value is -9.90. The summed E-state index contributed by atoms with van der Waals surface area (Å²) in [5.74, 6) is 0. The van der Waals surface area contributed by atoms with Crippen LogP contribution in [0.4, 0.5) is 34.1 Å². The van der Waals surface area contributed by atoms with E-state index in [9.17, 15) is 2.74 Å². The van der Waals surface area contributed by atoms with E-state index in [1.807, 2.05) is 6.07 Å². The van der Waals surface area contributed by atoms with Crippen LogP contribution in [0.2, 0.25) is 0 Å². The van der Waals surface area contributed by atoms with Crippen LogP contribution in [-0.2, 0) is 27.1 Å². The Bertz CT molecular complexity index is 5240. The number of para-hydroxylation sites is 3. The van der Waals surface area contributed by atoms with Crippen LogP contribution >= 0.6 is 0 Å². The minimum Gasteiger partial charge on any atom is -0.310 e. The molecule has 0 amide bonds. The molecule has 0 atom stereocenters. The summed E-state index contributed by atoms with van der Waals surface area (Å²) in [6, 6.07) is 86.7. The fourth-order valence-electron chi connectivity index (χ4n) is 15.6. The molecule has 3 aliphatic rings. The zero-order valence-corrected chi connectivity index (χ0v) is 55.4. The lowest BCUT2D eigenvalue weighted by Gasteiger charge is -2.53. The molecular weight excluding hydrogens is 1120 g/mol. The van der Waals surface area contributed by atoms with E-state index in [0.717, 1.165) is 101 Å². The van der Waals surface area contributed by atoms with Crippen LogP contribution in [0, 0.1) is 0 Å². The molecule has 1 spiro atoms. The highest BCUT2D eigenvalue weighted by Crippen LogP contribution is 2.61. The Morgan fingerprint density at radius 2 is 0.828 bits per heavy atom. The molecule has 13 aromatic rings. The van der Waals surface area contributed by atoms with Gasteiger partial charge >= 0.3 is 0 Å². The maximum atomic E-state index is 9.59. The van der Waals surface area contributed by atoms with Crippen molar-refractivity contribution in [3.63, 3.8) is 0 Å². The topological polar surface area (TPSA) is 11.4 Å². The summed E-state index contributed by atoms with van der Waals surface area (Å²) in [6.45, 7) is 27.3. The van der Waals surface area contributed by atoms with Crippen molar-refractivity contribution in [2.75, 3.05) is 9.80 Å². The van der Waals surface area contributed by atoms with Gasteiger partial charge in [-0.25, -0.2) is 0 Å². The van der Waals surface area contributed by atoms with E-state index in [2.05, 4.69) is 328 Å². The summed E-state index contributed by atoms with van der Waals surface area (Å²) in [4.78, 5) is 4.99. The lowest BCUT2D eigenvalue weighted by Crippen LogP contribution is -2.65. The van der Waals surface area contributed by atoms with Crippen LogP contribution in [0.1, 0.15) is 134 Å². The lowest BCUT2D eigenvalue weighted by atomic mass is 9.29. The summed E-state index contributed by atoms with van der Waals surface area (Å²) in [6.07, 6.45) is 0. The third kappa shape index (κ3) is 9.14. The van der Waals surface area contributed by atoms with Gasteiger partial charge in [-0.2, -0.15) is 0 Å². The second kappa shape index (κ2) is 21.1. The van der Waals surface area contributed by atoms with Crippen molar-refractivity contribution in [3.8, 4) is 39.1 Å². The molecule has 0 fully saturated rings. The van der Waals surface area contributed by atoms with Crippen molar-refractivity contribution in [2.24, 2.45) is 0 Å². The monoisotopic (exact) mass is 1210 g/mol. The number of aromatic nitrogens is 1. The SMILES string of the molecule is [2H]c1c([2H])c([2H])c(-c2ccc3c(c2)N(c2c(-c4ccccc4)cc(C(C)(C)C)cc2-c2ccccc2)c2cc(C(C)(C)C)cc4c2B3c2ccc(-n3c5ccc(C(C)(C)C)cc5c5cc(C(C)(C)C)ccc53)cc2C42c3ccccc3N(c3ccccc3)c3ccccc32)c([2H])c1[2H]. The second-order valence-electron chi connectivity index (χ2n) is 30.2. The number of fused-ring (bicyclic) bond motifs is 13. The predicted octanol–water partition coefficient (Wildman–Crippen LogP) is 21.8. The zero-order chi connectivity index (χ0) is 68.4. The summed E-state index contributed by atoms with van der Waals surface area (Å²) >= 11 is 0. The minimum atomic E-state index is -0.972. The van der Waals surface area contributed by atoms with Gasteiger partial charge in [0.25, 0.3) is 0 Å². The van der Waals surface area contributed by atoms with E-state index >= 15 is 0 Å². The highest BCUT2D eigenvalue weighted by molar-refractivity contribution is 6.99. The third-order valence-electron chi connectivity index (χ3n) is 20.3. The molecule has 0 N–H and O–H groups in total. The molecular formula is C89H80BN3. The van der Waals surface area contributed by atoms with Crippen LogP contribution < -0.4 is 26.2 Å². The van der Waals surface area contributed by atoms with Gasteiger partial charge in [0.1, 0.15) is 0 Å². The number of anilines is 6. The maximum absolute atomic E-state index is 9.59. The lowest BCUT2D eigenvalue weighted by molar-refractivity contribution is 0.587. The summed E-state index contributed by atoms with van der Waals surface area (Å²) in [5.41, 5.74) is 25.5. The van der Waals surface area contributed by atoms with E-state index in [4.69, 9.17) is 4.11 Å². The van der Waals surface area contributed by atoms with Gasteiger partial charge in [-0.3, -0.25) is 0 Å². The first kappa shape index (κ1) is 52.7. The van der Waals surface area contributed by atoms with Gasteiger partial charge in [0.05, 0.1) is 40.4 Å². The molecule has 0 radical (unpaired) electrons. The Labute approximate surface area is 557 Å². The van der Waals surface area contributed by atoms with Gasteiger partial charge in [0, 0.05) is 44.6 Å². The van der Waals surface area contributed by atoms with Crippen LogP contribution in [0.3, 0.4) is 0 Å². The average Bonchev–Trinajstić information content (AvgIpc) is 0.768. The molecule has 0 bridgehead atoms. The van der Waals surface area contributed by atoms with Gasteiger partial charge in [0.15, 0.2) is 0 Å². The highest BCUT2D eigenvalue weighted by atomic mass is 15.2. The standard InChI is InChI=1S/C89H80BN3/c1-85(2,3)61-42-47-77-69(50-61)70-51-62(86(4,5)6)43-48-78(70)92(77)66-44-46-75-73(56-66)89(71-37-25-27-39-79(71)91(65-35-23-16-24-36-65)80-40-28-26-38-72(80)89)74-54-64(88(10,11)12)55-82-83(74)90(75)76-45-41-60(57-29-17-13-18-30-57)49-81(76)93(82)84-67(58-31-19-14-20-32-58)52-63(87(7,8)9)53-68(84)59-33-21-15-22-34-59/h13-56H,1-12H3/i13D,17D,18D,29D,30D. The van der Waals surface area contributed by atoms with Gasteiger partial charge < -0.3 is 14.4 Å². The molecule has 3 aliphatic heterocycles. The Morgan fingerprint density at radius 3 is 1.37 bits per heavy atom. The van der Waals surface area contributed by atoms with E-state index in [-0.39, 0.29) is 52.7 Å². The van der Waals surface area contributed by atoms with Crippen molar-refractivity contribution < 1.29 is 6.85 Å². The van der Waals surface area contributed by atoms with E-state index in [0.29, 0.717) is 5.56 Å². The Morgan fingerprint density at radius 1 is 0.333 bits per heavy atom. The van der Waals surface area contributed by atoms with Crippen molar-refractivity contribution in [2.45, 2.75) is 110 Å². The molecule has 12 aromatic carbocycles. The van der Waals surface area contributed by atoms with Gasteiger partial charge in [-0.15, -0.1) is 0 Å². The first-order chi connectivity index (χ1) is 46.7. The van der Waals surface area contributed by atoms with Crippen molar-refractivity contribution in [1.82, 2.24) is 4.57 Å². The van der Waals surface area contributed by atoms with Crippen LogP contribution in [0.15, 0.2) is 267 Å². The molecule has 93 heavy (non-hydrogen) atoms. The normalized spacial score (nSPS) is 14.8. The molecule has 16 rings (SSSR count). The van der Waals surface area contributed by atoms with Crippen LogP contribution in [-0.4, -0.2) is 11.3 Å². The molecule has 454 valence electrons. The molecule has 0 saturated carbocycles. The summed E-state index contributed by atoms with van der Waals surface area (Å²) < 4.78 is 48.6. The first-order valence-electron chi connectivity index (χ1n) is 35.5. The molecule has 0 aliphatic carbocycles. The average molecular weight is 1210 g/mol. The molecule has 4 heterocycles. The Balaban J connectivity index is 1.11. The maximum Gasteiger partial charge on any atom is 0.247 e. The number of hydrogen-bond acceptors (Lipinski definition) is 2. The Kier molecular flexibility index (Phi) is 11.9. The highest BCUT2D eigenvalue weighted by Gasteiger charge is 2.56. The summed E-state index contributed by atoms with van der Waals surface area (Å²) in [7, 11) is 0. The van der Waals surface area contributed by atoms with Crippen molar-refractivity contribution in [3.05, 3.63) is 311 Å². The minimum absolute atomic E-state index is 0.0839. The smallest absolute Gasteiger partial charge is 0.247 e. The number of hydrogen-bond donors (Lipinski definition) is 0. The fourth-order valence-corrected chi connectivity index (χ4v) is 15.6. The van der Waals surface area contributed by atoms with Crippen molar-refractivity contribution >= 4 is 79.0 Å². The molecule has 0 saturated heterocycles. The fraction of sp³-hybridized carbons (Fsp3) is 0.191. The summed E-state index contributed by atoms with van der Waals surface area (Å²) in [5, 5.41) is 2.44. The quantitative estimate of drug-likeness (QED) is 0.154. The molecule has 0 unspecified atom stereocenters. The van der Waals surface area contributed by atoms with Crippen LogP contribution in [0.5, 0.6) is 0 Å². The van der Waals surface area contributed by atoms with E-state index in [1.165, 1.54) is 44.1 Å². The van der Waals surface area contributed by atoms with Gasteiger partial charge in [0.2, 0.25) is 6.71 Å². The molecule has 1 aromatic heterocycles. The van der Waals surface area contributed by atoms with Gasteiger partial charge in [-0.05, 0) is 184 Å². The zero-order valence-electron chi connectivity index (χ0n) is 60.4. The largest absolute Gasteiger partial charge is 0.310 e. The molecule has 4 heteroatoms. The van der Waals surface area contributed by atoms with E-state index in [1.54, 1.807) is 0 Å². The number of rotatable bonds is 6. The molecule has 3 nitrogen and oxygen atoms in total. The van der Waals surface area contributed by atoms with Crippen LogP contribution in [0.25, 0.3) is 60.9 Å². The third-order valence-corrected chi connectivity index (χ3v) is 20.3.